The summed E-state index contributed by atoms with van der Waals surface area (Å²) in [6.45, 7) is 1.85. The van der Waals surface area contributed by atoms with Crippen molar-refractivity contribution in [3.8, 4) is 11.7 Å². The van der Waals surface area contributed by atoms with E-state index in [2.05, 4.69) is 20.3 Å². The number of rotatable bonds is 4. The van der Waals surface area contributed by atoms with Crippen molar-refractivity contribution in [2.24, 2.45) is 0 Å². The third-order valence-corrected chi connectivity index (χ3v) is 3.09. The number of anilines is 1. The molecule has 2 heterocycles. The minimum Gasteiger partial charge on any atom is -0.410 e. The van der Waals surface area contributed by atoms with E-state index in [4.69, 9.17) is 4.74 Å². The van der Waals surface area contributed by atoms with Crippen LogP contribution in [0, 0.1) is 17.0 Å². The Bertz CT molecular complexity index is 905. The molecule has 2 aromatic heterocycles. The fraction of sp³-hybridized carbons (Fsp3) is 0.0667. The average molecular weight is 340 g/mol. The molecule has 126 valence electrons. The molecule has 0 bridgehead atoms. The maximum absolute atomic E-state index is 11.8. The molecule has 10 heteroatoms. The smallest absolute Gasteiger partial charge is 0.410 e. The predicted molar refractivity (Wildman–Crippen MR) is 86.6 cm³/mol. The van der Waals surface area contributed by atoms with Crippen LogP contribution in [0.1, 0.15) is 5.69 Å². The van der Waals surface area contributed by atoms with E-state index in [0.29, 0.717) is 11.6 Å². The highest BCUT2D eigenvalue weighted by molar-refractivity contribution is 5.85. The summed E-state index contributed by atoms with van der Waals surface area (Å²) >= 11 is 0. The van der Waals surface area contributed by atoms with Crippen LogP contribution in [0.15, 0.2) is 49.2 Å². The first-order valence-electron chi connectivity index (χ1n) is 7.07. The van der Waals surface area contributed by atoms with Crippen molar-refractivity contribution in [3.05, 3.63) is 65.0 Å². The quantitative estimate of drug-likeness (QED) is 0.571. The van der Waals surface area contributed by atoms with Gasteiger partial charge in [0.2, 0.25) is 5.95 Å². The second-order valence-electron chi connectivity index (χ2n) is 4.96. The molecule has 3 rings (SSSR count). The van der Waals surface area contributed by atoms with Gasteiger partial charge in [-0.2, -0.15) is 0 Å². The number of carbonyl (C=O) groups is 1. The number of nitrogens with zero attached hydrogens (tertiary/aromatic N) is 5. The summed E-state index contributed by atoms with van der Waals surface area (Å²) in [5.74, 6) is 0.587. The van der Waals surface area contributed by atoms with Crippen molar-refractivity contribution < 1.29 is 14.5 Å². The minimum atomic E-state index is -0.760. The van der Waals surface area contributed by atoms with Gasteiger partial charge >= 0.3 is 6.09 Å². The molecule has 0 saturated carbocycles. The number of hydrogen-bond acceptors (Lipinski definition) is 7. The van der Waals surface area contributed by atoms with E-state index >= 15 is 0 Å². The summed E-state index contributed by atoms with van der Waals surface area (Å²) in [5, 5.41) is 13.0. The number of aromatic nitrogens is 4. The van der Waals surface area contributed by atoms with Gasteiger partial charge in [-0.1, -0.05) is 0 Å². The summed E-state index contributed by atoms with van der Waals surface area (Å²) in [7, 11) is 0. The second-order valence-corrected chi connectivity index (χ2v) is 4.96. The fourth-order valence-electron chi connectivity index (χ4n) is 1.94. The summed E-state index contributed by atoms with van der Waals surface area (Å²) in [6.07, 6.45) is 5.44. The fourth-order valence-corrected chi connectivity index (χ4v) is 1.94. The summed E-state index contributed by atoms with van der Waals surface area (Å²) in [4.78, 5) is 34.2. The van der Waals surface area contributed by atoms with Gasteiger partial charge in [0.05, 0.1) is 28.7 Å². The molecule has 0 fully saturated rings. The number of nitro benzene ring substituents is 1. The largest absolute Gasteiger partial charge is 0.417 e. The number of ether oxygens (including phenoxy) is 1. The lowest BCUT2D eigenvalue weighted by molar-refractivity contribution is -0.384. The number of hydrogen-bond donors (Lipinski definition) is 1. The van der Waals surface area contributed by atoms with Gasteiger partial charge in [-0.15, -0.1) is 0 Å². The first kappa shape index (κ1) is 16.1. The Labute approximate surface area is 141 Å². The van der Waals surface area contributed by atoms with Crippen LogP contribution < -0.4 is 10.1 Å². The number of benzene rings is 1. The van der Waals surface area contributed by atoms with Crippen molar-refractivity contribution in [2.45, 2.75) is 6.92 Å². The van der Waals surface area contributed by atoms with E-state index in [1.165, 1.54) is 36.7 Å². The van der Waals surface area contributed by atoms with E-state index < -0.39 is 11.0 Å². The van der Waals surface area contributed by atoms with E-state index in [1.54, 1.807) is 17.1 Å². The average Bonchev–Trinajstić information content (AvgIpc) is 3.02. The van der Waals surface area contributed by atoms with Crippen molar-refractivity contribution >= 4 is 17.5 Å². The van der Waals surface area contributed by atoms with Crippen molar-refractivity contribution in [1.82, 2.24) is 19.5 Å². The monoisotopic (exact) mass is 340 g/mol. The van der Waals surface area contributed by atoms with E-state index in [-0.39, 0.29) is 11.4 Å². The Hall–Kier alpha value is -3.82. The van der Waals surface area contributed by atoms with Crippen LogP contribution in [0.5, 0.6) is 5.75 Å². The van der Waals surface area contributed by atoms with Gasteiger partial charge in [-0.25, -0.2) is 19.7 Å². The molecule has 1 aromatic carbocycles. The molecule has 10 nitrogen and oxygen atoms in total. The lowest BCUT2D eigenvalue weighted by Gasteiger charge is -2.06. The molecular weight excluding hydrogens is 328 g/mol. The second kappa shape index (κ2) is 6.74. The number of amides is 1. The van der Waals surface area contributed by atoms with E-state index in [1.807, 2.05) is 6.92 Å². The Morgan fingerprint density at radius 3 is 2.44 bits per heavy atom. The van der Waals surface area contributed by atoms with Crippen molar-refractivity contribution in [2.75, 3.05) is 5.32 Å². The van der Waals surface area contributed by atoms with Gasteiger partial charge in [0.25, 0.3) is 5.69 Å². The first-order valence-corrected chi connectivity index (χ1v) is 7.07. The van der Waals surface area contributed by atoms with Crippen LogP contribution in [-0.4, -0.2) is 30.5 Å². The normalized spacial score (nSPS) is 10.3. The topological polar surface area (TPSA) is 125 Å². The van der Waals surface area contributed by atoms with Crippen LogP contribution in [0.2, 0.25) is 0 Å². The minimum absolute atomic E-state index is 0.0912. The molecule has 0 unspecified atom stereocenters. The van der Waals surface area contributed by atoms with Crippen LogP contribution >= 0.6 is 0 Å². The molecular formula is C15H12N6O4. The molecule has 1 N–H and O–H groups in total. The van der Waals surface area contributed by atoms with Gasteiger partial charge in [0, 0.05) is 18.3 Å². The molecule has 0 radical (unpaired) electrons. The number of nitrogens with one attached hydrogen (secondary N) is 1. The Balaban J connectivity index is 1.61. The van der Waals surface area contributed by atoms with Gasteiger partial charge in [-0.3, -0.25) is 20.0 Å². The van der Waals surface area contributed by atoms with Crippen LogP contribution in [0.25, 0.3) is 5.95 Å². The zero-order valence-electron chi connectivity index (χ0n) is 13.0. The molecule has 0 saturated heterocycles. The zero-order chi connectivity index (χ0) is 17.8. The highest BCUT2D eigenvalue weighted by atomic mass is 16.6. The van der Waals surface area contributed by atoms with Gasteiger partial charge in [0.15, 0.2) is 0 Å². The third-order valence-electron chi connectivity index (χ3n) is 3.09. The molecule has 0 aliphatic carbocycles. The molecule has 0 aliphatic rings. The van der Waals surface area contributed by atoms with Crippen molar-refractivity contribution in [1.29, 1.82) is 0 Å². The van der Waals surface area contributed by atoms with Crippen LogP contribution in [-0.2, 0) is 0 Å². The van der Waals surface area contributed by atoms with Crippen LogP contribution in [0.3, 0.4) is 0 Å². The Kier molecular flexibility index (Phi) is 4.33. The van der Waals surface area contributed by atoms with E-state index in [9.17, 15) is 14.9 Å². The van der Waals surface area contributed by atoms with E-state index in [0.717, 1.165) is 5.69 Å². The van der Waals surface area contributed by atoms with Crippen molar-refractivity contribution in [3.63, 3.8) is 0 Å². The lowest BCUT2D eigenvalue weighted by Crippen LogP contribution is -2.17. The number of carbonyl (C=O) groups excluding carboxylic acids is 1. The highest BCUT2D eigenvalue weighted by Gasteiger charge is 2.09. The maximum atomic E-state index is 11.8. The number of imidazole rings is 1. The molecule has 0 atom stereocenters. The number of nitro groups is 1. The SMILES string of the molecule is Cc1cn(-c2ncc(NC(=O)Oc3ccc([N+](=O)[O-])cc3)cn2)cn1. The molecule has 1 amide bonds. The predicted octanol–water partition coefficient (Wildman–Crippen LogP) is 2.49. The summed E-state index contributed by atoms with van der Waals surface area (Å²) in [5.41, 5.74) is 1.08. The number of aryl methyl sites for hydroxylation is 1. The van der Waals surface area contributed by atoms with Gasteiger partial charge in [0.1, 0.15) is 12.1 Å². The third kappa shape index (κ3) is 3.93. The molecule has 0 spiro atoms. The molecule has 25 heavy (non-hydrogen) atoms. The van der Waals surface area contributed by atoms with Crippen LogP contribution in [0.4, 0.5) is 16.2 Å². The standard InChI is InChI=1S/C15H12N6O4/c1-10-8-20(9-18-10)14-16-6-11(7-17-14)19-15(22)25-13-4-2-12(3-5-13)21(23)24/h2-9H,1H3,(H,19,22). The van der Waals surface area contributed by atoms with Gasteiger partial charge < -0.3 is 4.74 Å². The first-order chi connectivity index (χ1) is 12.0. The lowest BCUT2D eigenvalue weighted by atomic mass is 10.3. The molecule has 3 aromatic rings. The summed E-state index contributed by atoms with van der Waals surface area (Å²) < 4.78 is 6.67. The molecule has 0 aliphatic heterocycles. The number of non-ortho nitro benzene ring substituents is 1. The Morgan fingerprint density at radius 1 is 1.20 bits per heavy atom. The van der Waals surface area contributed by atoms with Gasteiger partial charge in [-0.05, 0) is 19.1 Å². The summed E-state index contributed by atoms with van der Waals surface area (Å²) in [6, 6.07) is 5.15. The Morgan fingerprint density at radius 2 is 1.88 bits per heavy atom. The highest BCUT2D eigenvalue weighted by Crippen LogP contribution is 2.18. The zero-order valence-corrected chi connectivity index (χ0v) is 13.0. The maximum Gasteiger partial charge on any atom is 0.417 e.